The zero-order valence-electron chi connectivity index (χ0n) is 7.36. The van der Waals surface area contributed by atoms with Gasteiger partial charge < -0.3 is 0 Å². The first-order chi connectivity index (χ1) is 5.90. The molecule has 0 radical (unpaired) electrons. The summed E-state index contributed by atoms with van der Waals surface area (Å²) in [6, 6.07) is 8.51. The Bertz CT molecular complexity index is 302. The Kier molecular flexibility index (Phi) is 3.36. The Labute approximate surface area is 85.2 Å². The smallest absolute Gasteiger partial charge is 0.0605 e. The van der Waals surface area contributed by atoms with Crippen molar-refractivity contribution in [1.29, 1.82) is 0 Å². The number of benzene rings is 1. The van der Waals surface area contributed by atoms with Crippen LogP contribution in [0.4, 0.5) is 0 Å². The minimum Gasteiger partial charge on any atom is -0.284 e. The van der Waals surface area contributed by atoms with E-state index in [4.69, 9.17) is 6.42 Å². The maximum absolute atomic E-state index is 5.25. The lowest BCUT2D eigenvalue weighted by atomic mass is 10.1. The molecule has 1 heterocycles. The summed E-state index contributed by atoms with van der Waals surface area (Å²) < 4.78 is 0. The summed E-state index contributed by atoms with van der Waals surface area (Å²) in [6.45, 7) is 2.79. The molecule has 2 rings (SSSR count). The van der Waals surface area contributed by atoms with Gasteiger partial charge in [-0.2, -0.15) is 0 Å². The summed E-state index contributed by atoms with van der Waals surface area (Å²) >= 11 is 0. The number of hydrogen-bond acceptors (Lipinski definition) is 1. The van der Waals surface area contributed by atoms with Crippen molar-refractivity contribution in [3.63, 3.8) is 0 Å². The predicted molar refractivity (Wildman–Crippen MR) is 56.6 cm³/mol. The average molecular weight is 194 g/mol. The Morgan fingerprint density at radius 2 is 1.77 bits per heavy atom. The number of fused-ring (bicyclic) bond motifs is 1. The topological polar surface area (TPSA) is 3.24 Å². The predicted octanol–water partition coefficient (Wildman–Crippen LogP) is 2.06. The van der Waals surface area contributed by atoms with E-state index in [9.17, 15) is 0 Å². The van der Waals surface area contributed by atoms with E-state index in [2.05, 4.69) is 35.1 Å². The number of halogens is 1. The molecule has 1 nitrogen and oxygen atoms in total. The average Bonchev–Trinajstić information content (AvgIpc) is 2.47. The Morgan fingerprint density at radius 3 is 2.23 bits per heavy atom. The molecule has 0 saturated heterocycles. The summed E-state index contributed by atoms with van der Waals surface area (Å²) in [5.41, 5.74) is 2.85. The lowest BCUT2D eigenvalue weighted by molar-refractivity contribution is 0.322. The fourth-order valence-corrected chi connectivity index (χ4v) is 1.64. The van der Waals surface area contributed by atoms with Crippen molar-refractivity contribution >= 4 is 12.4 Å². The van der Waals surface area contributed by atoms with Gasteiger partial charge in [-0.15, -0.1) is 18.8 Å². The molecule has 1 aliphatic heterocycles. The molecular formula is C11H12ClN. The number of hydrogen-bond donors (Lipinski definition) is 0. The highest BCUT2D eigenvalue weighted by Crippen LogP contribution is 2.21. The quantitative estimate of drug-likeness (QED) is 0.618. The van der Waals surface area contributed by atoms with Crippen molar-refractivity contribution in [2.75, 3.05) is 6.54 Å². The van der Waals surface area contributed by atoms with Gasteiger partial charge in [0.15, 0.2) is 0 Å². The fourth-order valence-electron chi connectivity index (χ4n) is 1.64. The monoisotopic (exact) mass is 193 g/mol. The van der Waals surface area contributed by atoms with Crippen LogP contribution in [0, 0.1) is 12.3 Å². The van der Waals surface area contributed by atoms with Crippen molar-refractivity contribution in [3.05, 3.63) is 35.4 Å². The maximum atomic E-state index is 5.25. The van der Waals surface area contributed by atoms with E-state index in [1.165, 1.54) is 11.1 Å². The molecule has 68 valence electrons. The van der Waals surface area contributed by atoms with Gasteiger partial charge in [-0.3, -0.25) is 4.90 Å². The molecule has 0 spiro atoms. The van der Waals surface area contributed by atoms with Crippen LogP contribution in [0.2, 0.25) is 0 Å². The van der Waals surface area contributed by atoms with Gasteiger partial charge in [-0.25, -0.2) is 0 Å². The van der Waals surface area contributed by atoms with Crippen LogP contribution in [0.15, 0.2) is 24.3 Å². The van der Waals surface area contributed by atoms with Crippen molar-refractivity contribution in [3.8, 4) is 12.3 Å². The largest absolute Gasteiger partial charge is 0.284 e. The normalized spacial score (nSPS) is 14.4. The lowest BCUT2D eigenvalue weighted by Crippen LogP contribution is -2.15. The molecule has 0 fully saturated rings. The molecule has 0 aliphatic carbocycles. The lowest BCUT2D eigenvalue weighted by Gasteiger charge is -2.08. The second kappa shape index (κ2) is 4.32. The van der Waals surface area contributed by atoms with Gasteiger partial charge >= 0.3 is 0 Å². The van der Waals surface area contributed by atoms with Crippen molar-refractivity contribution < 1.29 is 0 Å². The van der Waals surface area contributed by atoms with E-state index in [1.807, 2.05) is 0 Å². The molecule has 0 saturated carbocycles. The van der Waals surface area contributed by atoms with Gasteiger partial charge in [0, 0.05) is 13.1 Å². The van der Waals surface area contributed by atoms with Gasteiger partial charge in [-0.05, 0) is 11.1 Å². The Hall–Kier alpha value is -0.970. The van der Waals surface area contributed by atoms with Crippen LogP contribution < -0.4 is 0 Å². The zero-order valence-corrected chi connectivity index (χ0v) is 8.18. The van der Waals surface area contributed by atoms with Crippen molar-refractivity contribution in [2.45, 2.75) is 13.1 Å². The van der Waals surface area contributed by atoms with Gasteiger partial charge in [0.25, 0.3) is 0 Å². The molecule has 0 amide bonds. The van der Waals surface area contributed by atoms with Crippen LogP contribution in [0.5, 0.6) is 0 Å². The molecule has 0 unspecified atom stereocenters. The van der Waals surface area contributed by atoms with E-state index in [-0.39, 0.29) is 12.4 Å². The van der Waals surface area contributed by atoms with Gasteiger partial charge in [0.05, 0.1) is 6.54 Å². The molecule has 0 N–H and O–H groups in total. The summed E-state index contributed by atoms with van der Waals surface area (Å²) in [6.07, 6.45) is 5.25. The molecular weight excluding hydrogens is 182 g/mol. The third-order valence-corrected chi connectivity index (χ3v) is 2.22. The zero-order chi connectivity index (χ0) is 8.39. The summed E-state index contributed by atoms with van der Waals surface area (Å²) in [5.74, 6) is 2.67. The fraction of sp³-hybridized carbons (Fsp3) is 0.273. The van der Waals surface area contributed by atoms with Crippen LogP contribution in [-0.2, 0) is 13.1 Å². The number of rotatable bonds is 1. The van der Waals surface area contributed by atoms with E-state index in [0.717, 1.165) is 19.6 Å². The maximum Gasteiger partial charge on any atom is 0.0605 e. The first kappa shape index (κ1) is 10.1. The van der Waals surface area contributed by atoms with Crippen molar-refractivity contribution in [1.82, 2.24) is 4.90 Å². The molecule has 1 aromatic rings. The minimum absolute atomic E-state index is 0. The van der Waals surface area contributed by atoms with E-state index in [1.54, 1.807) is 0 Å². The van der Waals surface area contributed by atoms with Crippen LogP contribution in [0.25, 0.3) is 0 Å². The molecule has 0 bridgehead atoms. The number of nitrogens with zero attached hydrogens (tertiary/aromatic N) is 1. The van der Waals surface area contributed by atoms with Crippen LogP contribution in [0.3, 0.4) is 0 Å². The van der Waals surface area contributed by atoms with Gasteiger partial charge in [0.2, 0.25) is 0 Å². The van der Waals surface area contributed by atoms with Crippen LogP contribution in [-0.4, -0.2) is 11.4 Å². The van der Waals surface area contributed by atoms with E-state index in [0.29, 0.717) is 0 Å². The van der Waals surface area contributed by atoms with E-state index < -0.39 is 0 Å². The second-order valence-corrected chi connectivity index (χ2v) is 3.12. The third kappa shape index (κ3) is 2.03. The summed E-state index contributed by atoms with van der Waals surface area (Å²) in [7, 11) is 0. The second-order valence-electron chi connectivity index (χ2n) is 3.12. The van der Waals surface area contributed by atoms with E-state index >= 15 is 0 Å². The standard InChI is InChI=1S/C11H11N.ClH/c1-2-7-12-8-10-5-3-4-6-11(10)9-12;/h1,3-6H,7-9H2;1H. The van der Waals surface area contributed by atoms with Crippen molar-refractivity contribution in [2.24, 2.45) is 0 Å². The van der Waals surface area contributed by atoms with Gasteiger partial charge in [-0.1, -0.05) is 30.2 Å². The molecule has 1 aromatic carbocycles. The first-order valence-electron chi connectivity index (χ1n) is 4.13. The summed E-state index contributed by atoms with van der Waals surface area (Å²) in [4.78, 5) is 2.27. The highest BCUT2D eigenvalue weighted by Gasteiger charge is 2.16. The molecule has 2 heteroatoms. The Morgan fingerprint density at radius 1 is 1.23 bits per heavy atom. The molecule has 0 aromatic heterocycles. The van der Waals surface area contributed by atoms with Crippen LogP contribution >= 0.6 is 12.4 Å². The molecule has 0 atom stereocenters. The highest BCUT2D eigenvalue weighted by molar-refractivity contribution is 5.85. The summed E-state index contributed by atoms with van der Waals surface area (Å²) in [5, 5.41) is 0. The third-order valence-electron chi connectivity index (χ3n) is 2.22. The highest BCUT2D eigenvalue weighted by atomic mass is 35.5. The minimum atomic E-state index is 0. The number of terminal acetylenes is 1. The molecule has 13 heavy (non-hydrogen) atoms. The van der Waals surface area contributed by atoms with Gasteiger partial charge in [0.1, 0.15) is 0 Å². The first-order valence-corrected chi connectivity index (χ1v) is 4.13. The Balaban J connectivity index is 0.000000845. The van der Waals surface area contributed by atoms with Crippen LogP contribution in [0.1, 0.15) is 11.1 Å². The molecule has 1 aliphatic rings. The SMILES string of the molecule is C#CCN1Cc2ccccc2C1.Cl.